The van der Waals surface area contributed by atoms with Crippen LogP contribution in [0.15, 0.2) is 41.2 Å². The predicted octanol–water partition coefficient (Wildman–Crippen LogP) is 3.77. The molecule has 2 aliphatic rings. The van der Waals surface area contributed by atoms with Gasteiger partial charge in [-0.25, -0.2) is 0 Å². The van der Waals surface area contributed by atoms with E-state index >= 15 is 0 Å². The van der Waals surface area contributed by atoms with E-state index in [9.17, 15) is 4.79 Å². The van der Waals surface area contributed by atoms with Gasteiger partial charge in [0.15, 0.2) is 0 Å². The van der Waals surface area contributed by atoms with Gasteiger partial charge in [-0.2, -0.15) is 0 Å². The number of hydrogen-bond donors (Lipinski definition) is 0. The fraction of sp³-hybridized carbons (Fsp3) is 0.389. The maximum atomic E-state index is 12.1. The highest BCUT2D eigenvalue weighted by molar-refractivity contribution is 6.35. The number of fused-ring (bicyclic) bond motifs is 4. The van der Waals surface area contributed by atoms with E-state index in [1.165, 1.54) is 12.1 Å². The molecule has 1 saturated heterocycles. The molecule has 2 aliphatic heterocycles. The van der Waals surface area contributed by atoms with Crippen LogP contribution >= 0.6 is 23.2 Å². The molecule has 2 atom stereocenters. The van der Waals surface area contributed by atoms with Gasteiger partial charge in [0.05, 0.1) is 0 Å². The number of nitrogens with zero attached hydrogens (tertiary/aromatic N) is 2. The van der Waals surface area contributed by atoms with E-state index in [4.69, 9.17) is 23.2 Å². The van der Waals surface area contributed by atoms with Crippen molar-refractivity contribution in [1.82, 2.24) is 9.47 Å². The molecular formula is C18H18Cl2N2O. The van der Waals surface area contributed by atoms with Crippen molar-refractivity contribution in [2.75, 3.05) is 13.1 Å². The number of hydrogen-bond acceptors (Lipinski definition) is 2. The summed E-state index contributed by atoms with van der Waals surface area (Å²) in [6.07, 6.45) is 1.17. The van der Waals surface area contributed by atoms with Crippen LogP contribution in [-0.2, 0) is 13.1 Å². The molecule has 2 bridgehead atoms. The lowest BCUT2D eigenvalue weighted by molar-refractivity contribution is 0.114. The summed E-state index contributed by atoms with van der Waals surface area (Å²) in [7, 11) is 0. The Morgan fingerprint density at radius 2 is 1.96 bits per heavy atom. The molecule has 0 radical (unpaired) electrons. The van der Waals surface area contributed by atoms with Gasteiger partial charge in [0.1, 0.15) is 0 Å². The van der Waals surface area contributed by atoms with E-state index in [0.29, 0.717) is 16.9 Å². The first-order valence-electron chi connectivity index (χ1n) is 7.96. The van der Waals surface area contributed by atoms with Gasteiger partial charge in [-0.05, 0) is 36.1 Å². The average Bonchev–Trinajstić information content (AvgIpc) is 2.51. The Morgan fingerprint density at radius 3 is 2.78 bits per heavy atom. The largest absolute Gasteiger partial charge is 0.312 e. The van der Waals surface area contributed by atoms with Crippen molar-refractivity contribution in [2.45, 2.75) is 25.4 Å². The molecule has 0 unspecified atom stereocenters. The summed E-state index contributed by atoms with van der Waals surface area (Å²) in [5.74, 6) is 0.968. The Bertz CT molecular complexity index is 802. The summed E-state index contributed by atoms with van der Waals surface area (Å²) >= 11 is 12.3. The van der Waals surface area contributed by atoms with Crippen LogP contribution in [0, 0.1) is 5.92 Å². The third-order valence-electron chi connectivity index (χ3n) is 4.96. The van der Waals surface area contributed by atoms with Gasteiger partial charge in [0, 0.05) is 53.9 Å². The highest BCUT2D eigenvalue weighted by Gasteiger charge is 2.34. The Morgan fingerprint density at radius 1 is 1.09 bits per heavy atom. The van der Waals surface area contributed by atoms with Crippen LogP contribution < -0.4 is 5.56 Å². The molecule has 0 aliphatic carbocycles. The number of aromatic nitrogens is 1. The number of likely N-dealkylation sites (tertiary alicyclic amines) is 1. The number of pyridine rings is 1. The minimum Gasteiger partial charge on any atom is -0.312 e. The van der Waals surface area contributed by atoms with Crippen molar-refractivity contribution < 1.29 is 0 Å². The summed E-state index contributed by atoms with van der Waals surface area (Å²) in [6.45, 7) is 3.64. The van der Waals surface area contributed by atoms with Crippen molar-refractivity contribution in [1.29, 1.82) is 0 Å². The topological polar surface area (TPSA) is 25.2 Å². The standard InChI is InChI=1S/C18H18Cl2N2O/c19-15-5-4-13(16(20)7-15)10-21-8-12-6-14(11-21)17-2-1-3-18(23)22(17)9-12/h1-5,7,12,14H,6,8-11H2/t12-,14+/m1/s1. The Labute approximate surface area is 145 Å². The van der Waals surface area contributed by atoms with Crippen molar-refractivity contribution in [3.63, 3.8) is 0 Å². The number of halogens is 2. The maximum absolute atomic E-state index is 12.1. The van der Waals surface area contributed by atoms with Crippen LogP contribution in [0.5, 0.6) is 0 Å². The van der Waals surface area contributed by atoms with Gasteiger partial charge >= 0.3 is 0 Å². The quantitative estimate of drug-likeness (QED) is 0.825. The van der Waals surface area contributed by atoms with Gasteiger partial charge in [0.25, 0.3) is 5.56 Å². The number of piperidine rings is 1. The molecule has 1 fully saturated rings. The molecule has 0 N–H and O–H groups in total. The van der Waals surface area contributed by atoms with E-state index < -0.39 is 0 Å². The summed E-state index contributed by atoms with van der Waals surface area (Å²) in [4.78, 5) is 14.5. The molecule has 4 rings (SSSR count). The lowest BCUT2D eigenvalue weighted by atomic mass is 9.83. The van der Waals surface area contributed by atoms with Crippen molar-refractivity contribution in [3.05, 3.63) is 68.1 Å². The molecule has 1 aromatic heterocycles. The maximum Gasteiger partial charge on any atom is 0.250 e. The zero-order chi connectivity index (χ0) is 16.0. The molecule has 23 heavy (non-hydrogen) atoms. The number of rotatable bonds is 2. The summed E-state index contributed by atoms with van der Waals surface area (Å²) < 4.78 is 1.96. The van der Waals surface area contributed by atoms with Crippen LogP contribution in [0.1, 0.15) is 23.6 Å². The van der Waals surface area contributed by atoms with E-state index in [1.807, 2.05) is 22.8 Å². The second-order valence-corrected chi connectivity index (χ2v) is 7.47. The van der Waals surface area contributed by atoms with Gasteiger partial charge in [-0.1, -0.05) is 35.3 Å². The fourth-order valence-corrected chi connectivity index (χ4v) is 4.48. The van der Waals surface area contributed by atoms with Crippen LogP contribution in [0.2, 0.25) is 10.0 Å². The first-order valence-corrected chi connectivity index (χ1v) is 8.72. The molecule has 1 aromatic carbocycles. The molecule has 0 saturated carbocycles. The fourth-order valence-electron chi connectivity index (χ4n) is 4.02. The van der Waals surface area contributed by atoms with Crippen LogP contribution in [0.4, 0.5) is 0 Å². The summed E-state index contributed by atoms with van der Waals surface area (Å²) in [5.41, 5.74) is 2.42. The first-order chi connectivity index (χ1) is 11.1. The number of benzene rings is 1. The minimum atomic E-state index is 0.131. The van der Waals surface area contributed by atoms with Crippen molar-refractivity contribution in [2.24, 2.45) is 5.92 Å². The zero-order valence-electron chi connectivity index (χ0n) is 12.7. The second-order valence-electron chi connectivity index (χ2n) is 6.63. The minimum absolute atomic E-state index is 0.131. The van der Waals surface area contributed by atoms with Crippen LogP contribution in [0.3, 0.4) is 0 Å². The molecule has 5 heteroatoms. The zero-order valence-corrected chi connectivity index (χ0v) is 14.2. The third-order valence-corrected chi connectivity index (χ3v) is 5.55. The van der Waals surface area contributed by atoms with Crippen molar-refractivity contribution in [3.8, 4) is 0 Å². The second kappa shape index (κ2) is 5.97. The van der Waals surface area contributed by atoms with Gasteiger partial charge in [-0.3, -0.25) is 9.69 Å². The molecule has 120 valence electrons. The molecule has 2 aromatic rings. The lowest BCUT2D eigenvalue weighted by Gasteiger charge is -2.42. The van der Waals surface area contributed by atoms with E-state index in [0.717, 1.165) is 36.8 Å². The monoisotopic (exact) mass is 348 g/mol. The summed E-state index contributed by atoms with van der Waals surface area (Å²) in [6, 6.07) is 11.3. The highest BCUT2D eigenvalue weighted by atomic mass is 35.5. The Kier molecular flexibility index (Phi) is 3.96. The summed E-state index contributed by atoms with van der Waals surface area (Å²) in [5, 5.41) is 1.40. The molecule has 3 heterocycles. The van der Waals surface area contributed by atoms with E-state index in [-0.39, 0.29) is 5.56 Å². The average molecular weight is 349 g/mol. The van der Waals surface area contributed by atoms with Gasteiger partial charge < -0.3 is 4.57 Å². The Hall–Kier alpha value is -1.29. The molecule has 3 nitrogen and oxygen atoms in total. The van der Waals surface area contributed by atoms with Gasteiger partial charge in [0.2, 0.25) is 0 Å². The third kappa shape index (κ3) is 2.93. The molecular weight excluding hydrogens is 331 g/mol. The van der Waals surface area contributed by atoms with E-state index in [2.05, 4.69) is 11.0 Å². The normalized spacial score (nSPS) is 23.6. The highest BCUT2D eigenvalue weighted by Crippen LogP contribution is 2.36. The van der Waals surface area contributed by atoms with Crippen molar-refractivity contribution >= 4 is 23.2 Å². The van der Waals surface area contributed by atoms with Gasteiger partial charge in [-0.15, -0.1) is 0 Å². The van der Waals surface area contributed by atoms with E-state index in [1.54, 1.807) is 12.1 Å². The smallest absolute Gasteiger partial charge is 0.250 e. The predicted molar refractivity (Wildman–Crippen MR) is 93.3 cm³/mol. The molecule has 0 amide bonds. The van der Waals surface area contributed by atoms with Crippen LogP contribution in [-0.4, -0.2) is 22.6 Å². The first kappa shape index (κ1) is 15.3. The van der Waals surface area contributed by atoms with Crippen LogP contribution in [0.25, 0.3) is 0 Å². The Balaban J connectivity index is 1.57. The molecule has 0 spiro atoms. The SMILES string of the molecule is O=c1cccc2n1C[C@@H]1C[C@H]2CN(Cc2ccc(Cl)cc2Cl)C1. The lowest BCUT2D eigenvalue weighted by Crippen LogP contribution is -2.46.